The molecule has 0 atom stereocenters. The van der Waals surface area contributed by atoms with Crippen LogP contribution >= 0.6 is 0 Å². The number of hydrogen-bond acceptors (Lipinski definition) is 4. The van der Waals surface area contributed by atoms with Gasteiger partial charge in [-0.3, -0.25) is 4.68 Å². The second-order valence-corrected chi connectivity index (χ2v) is 8.00. The Bertz CT molecular complexity index is 736. The van der Waals surface area contributed by atoms with Crippen molar-refractivity contribution in [1.29, 1.82) is 0 Å². The lowest BCUT2D eigenvalue weighted by molar-refractivity contribution is 0.271. The number of aryl methyl sites for hydroxylation is 1. The number of sulfonamides is 1. The van der Waals surface area contributed by atoms with E-state index in [0.717, 1.165) is 5.56 Å². The van der Waals surface area contributed by atoms with Gasteiger partial charge in [-0.2, -0.15) is 9.40 Å². The lowest BCUT2D eigenvalue weighted by Crippen LogP contribution is -2.26. The van der Waals surface area contributed by atoms with Gasteiger partial charge in [0, 0.05) is 32.4 Å². The monoisotopic (exact) mass is 337 g/mol. The molecule has 0 unspecified atom stereocenters. The van der Waals surface area contributed by atoms with Gasteiger partial charge in [0.05, 0.1) is 17.7 Å². The Morgan fingerprint density at radius 1 is 1.26 bits per heavy atom. The minimum absolute atomic E-state index is 0.251. The van der Waals surface area contributed by atoms with Gasteiger partial charge in [0.25, 0.3) is 0 Å². The number of nitrogens with zero attached hydrogens (tertiary/aromatic N) is 3. The second-order valence-electron chi connectivity index (χ2n) is 5.96. The summed E-state index contributed by atoms with van der Waals surface area (Å²) in [5.74, 6) is 1.09. The highest BCUT2D eigenvalue weighted by atomic mass is 32.2. The first-order valence-corrected chi connectivity index (χ1v) is 8.90. The third-order valence-electron chi connectivity index (χ3n) is 3.28. The molecule has 2 rings (SSSR count). The van der Waals surface area contributed by atoms with E-state index in [9.17, 15) is 8.42 Å². The SMILES string of the molecule is CC(C)COc1ccc(S(=O)(=O)N(C)Cc2cnn(C)c2)cc1. The Balaban J connectivity index is 2.09. The summed E-state index contributed by atoms with van der Waals surface area (Å²) in [6, 6.07) is 6.52. The third-order valence-corrected chi connectivity index (χ3v) is 5.10. The molecule has 0 spiro atoms. The van der Waals surface area contributed by atoms with Crippen molar-refractivity contribution < 1.29 is 13.2 Å². The van der Waals surface area contributed by atoms with Crippen molar-refractivity contribution >= 4 is 10.0 Å². The molecular weight excluding hydrogens is 314 g/mol. The predicted molar refractivity (Wildman–Crippen MR) is 88.6 cm³/mol. The Hall–Kier alpha value is -1.86. The highest BCUT2D eigenvalue weighted by Gasteiger charge is 2.21. The maximum Gasteiger partial charge on any atom is 0.243 e. The molecule has 0 saturated carbocycles. The van der Waals surface area contributed by atoms with Crippen molar-refractivity contribution in [1.82, 2.24) is 14.1 Å². The van der Waals surface area contributed by atoms with Crippen molar-refractivity contribution in [2.45, 2.75) is 25.3 Å². The lowest BCUT2D eigenvalue weighted by Gasteiger charge is -2.17. The van der Waals surface area contributed by atoms with Gasteiger partial charge in [-0.25, -0.2) is 8.42 Å². The fourth-order valence-corrected chi connectivity index (χ4v) is 3.21. The quantitative estimate of drug-likeness (QED) is 0.777. The molecule has 0 fully saturated rings. The van der Waals surface area contributed by atoms with E-state index in [4.69, 9.17) is 4.74 Å². The standard InChI is InChI=1S/C16H23N3O3S/c1-13(2)12-22-15-5-7-16(8-6-15)23(20,21)19(4)11-14-9-17-18(3)10-14/h5-10,13H,11-12H2,1-4H3. The molecule has 7 heteroatoms. The van der Waals surface area contributed by atoms with E-state index < -0.39 is 10.0 Å². The summed E-state index contributed by atoms with van der Waals surface area (Å²) in [5.41, 5.74) is 0.843. The molecule has 1 aromatic carbocycles. The van der Waals surface area contributed by atoms with Gasteiger partial charge in [0.2, 0.25) is 10.0 Å². The third kappa shape index (κ3) is 4.56. The highest BCUT2D eigenvalue weighted by molar-refractivity contribution is 7.89. The maximum atomic E-state index is 12.6. The fourth-order valence-electron chi connectivity index (χ4n) is 2.05. The van der Waals surface area contributed by atoms with Crippen molar-refractivity contribution in [3.63, 3.8) is 0 Å². The molecular formula is C16H23N3O3S. The van der Waals surface area contributed by atoms with Crippen LogP contribution in [-0.4, -0.2) is 36.2 Å². The molecule has 0 N–H and O–H groups in total. The largest absolute Gasteiger partial charge is 0.493 e. The van der Waals surface area contributed by atoms with Crippen LogP contribution in [0.15, 0.2) is 41.6 Å². The number of ether oxygens (including phenoxy) is 1. The molecule has 2 aromatic rings. The smallest absolute Gasteiger partial charge is 0.243 e. The number of hydrogen-bond donors (Lipinski definition) is 0. The van der Waals surface area contributed by atoms with E-state index in [1.165, 1.54) is 4.31 Å². The van der Waals surface area contributed by atoms with Gasteiger partial charge in [0.1, 0.15) is 5.75 Å². The average molecular weight is 337 g/mol. The first kappa shape index (κ1) is 17.5. The fraction of sp³-hybridized carbons (Fsp3) is 0.438. The minimum atomic E-state index is -3.54. The summed E-state index contributed by atoms with van der Waals surface area (Å²) in [6.45, 7) is 5.01. The molecule has 23 heavy (non-hydrogen) atoms. The van der Waals surface area contributed by atoms with Crippen LogP contribution in [0.2, 0.25) is 0 Å². The lowest BCUT2D eigenvalue weighted by atomic mass is 10.2. The Morgan fingerprint density at radius 2 is 1.91 bits per heavy atom. The zero-order valence-corrected chi connectivity index (χ0v) is 14.7. The summed E-state index contributed by atoms with van der Waals surface area (Å²) in [5, 5.41) is 4.05. The zero-order chi connectivity index (χ0) is 17.0. The topological polar surface area (TPSA) is 64.4 Å². The van der Waals surface area contributed by atoms with Crippen LogP contribution in [0.5, 0.6) is 5.75 Å². The molecule has 126 valence electrons. The van der Waals surface area contributed by atoms with Gasteiger partial charge >= 0.3 is 0 Å². The molecule has 1 heterocycles. The van der Waals surface area contributed by atoms with Gasteiger partial charge in [-0.05, 0) is 30.2 Å². The van der Waals surface area contributed by atoms with Crippen molar-refractivity contribution in [2.24, 2.45) is 13.0 Å². The average Bonchev–Trinajstić information content (AvgIpc) is 2.90. The zero-order valence-electron chi connectivity index (χ0n) is 13.9. The van der Waals surface area contributed by atoms with E-state index in [0.29, 0.717) is 18.3 Å². The van der Waals surface area contributed by atoms with Crippen LogP contribution in [0, 0.1) is 5.92 Å². The van der Waals surface area contributed by atoms with Crippen LogP contribution in [-0.2, 0) is 23.6 Å². The summed E-state index contributed by atoms with van der Waals surface area (Å²) < 4.78 is 33.7. The van der Waals surface area contributed by atoms with E-state index >= 15 is 0 Å². The number of aromatic nitrogens is 2. The van der Waals surface area contributed by atoms with Crippen LogP contribution in [0.25, 0.3) is 0 Å². The van der Waals surface area contributed by atoms with Gasteiger partial charge in [-0.1, -0.05) is 13.8 Å². The Kier molecular flexibility index (Phi) is 5.43. The number of rotatable bonds is 7. The molecule has 0 aliphatic carbocycles. The Morgan fingerprint density at radius 3 is 2.43 bits per heavy atom. The highest BCUT2D eigenvalue weighted by Crippen LogP contribution is 2.20. The van der Waals surface area contributed by atoms with Crippen LogP contribution in [0.1, 0.15) is 19.4 Å². The van der Waals surface area contributed by atoms with Gasteiger partial charge in [0.15, 0.2) is 0 Å². The number of benzene rings is 1. The van der Waals surface area contributed by atoms with Crippen molar-refractivity contribution in [2.75, 3.05) is 13.7 Å². The van der Waals surface area contributed by atoms with E-state index in [1.807, 2.05) is 0 Å². The maximum absolute atomic E-state index is 12.6. The first-order chi connectivity index (χ1) is 10.8. The van der Waals surface area contributed by atoms with E-state index in [2.05, 4.69) is 18.9 Å². The predicted octanol–water partition coefficient (Wildman–Crippen LogP) is 2.28. The van der Waals surface area contributed by atoms with Gasteiger partial charge in [-0.15, -0.1) is 0 Å². The molecule has 0 radical (unpaired) electrons. The van der Waals surface area contributed by atoms with Crippen molar-refractivity contribution in [3.8, 4) is 5.75 Å². The summed E-state index contributed by atoms with van der Waals surface area (Å²) in [4.78, 5) is 0.251. The van der Waals surface area contributed by atoms with E-state index in [1.54, 1.807) is 55.4 Å². The molecule has 0 bridgehead atoms. The van der Waals surface area contributed by atoms with Crippen LogP contribution < -0.4 is 4.74 Å². The normalized spacial score (nSPS) is 12.1. The molecule has 0 aliphatic rings. The molecule has 1 aromatic heterocycles. The van der Waals surface area contributed by atoms with E-state index in [-0.39, 0.29) is 11.4 Å². The van der Waals surface area contributed by atoms with Crippen LogP contribution in [0.3, 0.4) is 0 Å². The molecule has 0 aliphatic heterocycles. The summed E-state index contributed by atoms with van der Waals surface area (Å²) in [6.07, 6.45) is 3.46. The molecule has 0 amide bonds. The molecule has 0 saturated heterocycles. The van der Waals surface area contributed by atoms with Crippen LogP contribution in [0.4, 0.5) is 0 Å². The Labute approximate surface area is 137 Å². The summed E-state index contributed by atoms with van der Waals surface area (Å²) >= 11 is 0. The van der Waals surface area contributed by atoms with Crippen molar-refractivity contribution in [3.05, 3.63) is 42.2 Å². The minimum Gasteiger partial charge on any atom is -0.493 e. The molecule has 6 nitrogen and oxygen atoms in total. The first-order valence-electron chi connectivity index (χ1n) is 7.46. The van der Waals surface area contributed by atoms with Gasteiger partial charge < -0.3 is 4.74 Å². The summed E-state index contributed by atoms with van der Waals surface area (Å²) in [7, 11) is -0.175. The second kappa shape index (κ2) is 7.14.